The highest BCUT2D eigenvalue weighted by Gasteiger charge is 2.22. The van der Waals surface area contributed by atoms with Crippen LogP contribution in [0, 0.1) is 0 Å². The minimum Gasteiger partial charge on any atom is -0.228 e. The lowest BCUT2D eigenvalue weighted by molar-refractivity contribution is 0.569. The van der Waals surface area contributed by atoms with Crippen molar-refractivity contribution in [2.24, 2.45) is 5.14 Å². The zero-order valence-electron chi connectivity index (χ0n) is 10.6. The average Bonchev–Trinajstić information content (AvgIpc) is 2.59. The molecule has 0 aromatic carbocycles. The van der Waals surface area contributed by atoms with Gasteiger partial charge >= 0.3 is 0 Å². The van der Waals surface area contributed by atoms with Gasteiger partial charge in [-0.1, -0.05) is 0 Å². The molecule has 12 heteroatoms. The Hall–Kier alpha value is -0.530. The summed E-state index contributed by atoms with van der Waals surface area (Å²) in [5.74, 6) is 0. The molecular weight excluding hydrogens is 348 g/mol. The molecule has 0 aliphatic rings. The smallest absolute Gasteiger partial charge is 0.228 e. The third-order valence-corrected chi connectivity index (χ3v) is 8.41. The van der Waals surface area contributed by atoms with Gasteiger partial charge in [-0.15, -0.1) is 11.3 Å². The van der Waals surface area contributed by atoms with E-state index in [1.807, 2.05) is 0 Å². The summed E-state index contributed by atoms with van der Waals surface area (Å²) in [5.41, 5.74) is 0. The maximum absolute atomic E-state index is 11.6. The van der Waals surface area contributed by atoms with Gasteiger partial charge in [0.05, 0.1) is 6.04 Å². The van der Waals surface area contributed by atoms with E-state index in [-0.39, 0.29) is 4.21 Å². The van der Waals surface area contributed by atoms with Crippen molar-refractivity contribution in [1.29, 1.82) is 0 Å². The molecule has 1 aromatic rings. The van der Waals surface area contributed by atoms with Gasteiger partial charge in [0.15, 0.2) is 14.9 Å². The van der Waals surface area contributed by atoms with E-state index >= 15 is 0 Å². The van der Waals surface area contributed by atoms with Gasteiger partial charge in [0.1, 0.15) is 4.21 Å². The van der Waals surface area contributed by atoms with Gasteiger partial charge in [-0.2, -0.15) is 0 Å². The molecule has 0 aliphatic heterocycles. The largest absolute Gasteiger partial charge is 0.247 e. The van der Waals surface area contributed by atoms with Gasteiger partial charge in [-0.3, -0.25) is 0 Å². The zero-order chi connectivity index (χ0) is 15.8. The second-order valence-corrected chi connectivity index (χ2v) is 11.4. The molecule has 0 amide bonds. The number of nitrogens with one attached hydrogen (secondary N) is 1. The maximum atomic E-state index is 11.6. The lowest BCUT2D eigenvalue weighted by atomic mass is 10.3. The van der Waals surface area contributed by atoms with E-state index in [4.69, 9.17) is 5.14 Å². The van der Waals surface area contributed by atoms with Gasteiger partial charge in [-0.05, 0) is 19.1 Å². The van der Waals surface area contributed by atoms with E-state index in [2.05, 4.69) is 4.72 Å². The molecule has 0 spiro atoms. The fourth-order valence-electron chi connectivity index (χ4n) is 1.36. The molecule has 3 N–H and O–H groups in total. The highest BCUT2D eigenvalue weighted by atomic mass is 32.3. The van der Waals surface area contributed by atoms with Crippen molar-refractivity contribution in [3.63, 3.8) is 0 Å². The van der Waals surface area contributed by atoms with Crippen molar-refractivity contribution >= 4 is 41.2 Å². The van der Waals surface area contributed by atoms with Crippen LogP contribution in [0.1, 0.15) is 17.8 Å². The second-order valence-electron chi connectivity index (χ2n) is 4.20. The molecule has 1 heterocycles. The van der Waals surface area contributed by atoms with Gasteiger partial charge in [-0.25, -0.2) is 35.1 Å². The molecule has 8 nitrogen and oxygen atoms in total. The standard InChI is InChI=1S/C8H14N2O6S4/c1-6(10-19(13,14)5-18(2,11)12)7-3-4-8(17-7)20(9,15)16/h3-4,6,10H,5H2,1-2H3,(H2,9,15,16). The van der Waals surface area contributed by atoms with Crippen molar-refractivity contribution < 1.29 is 25.3 Å². The molecule has 0 saturated carbocycles. The summed E-state index contributed by atoms with van der Waals surface area (Å²) >= 11 is 0.817. The molecule has 0 saturated heterocycles. The summed E-state index contributed by atoms with van der Waals surface area (Å²) in [6, 6.07) is 1.91. The van der Waals surface area contributed by atoms with E-state index < -0.39 is 41.0 Å². The quantitative estimate of drug-likeness (QED) is 0.691. The molecule has 1 unspecified atom stereocenters. The van der Waals surface area contributed by atoms with Crippen molar-refractivity contribution in [3.05, 3.63) is 17.0 Å². The first-order valence-corrected chi connectivity index (χ1v) is 11.2. The SMILES string of the molecule is CC(NS(=O)(=O)CS(C)(=O)=O)c1ccc(S(N)(=O)=O)s1. The van der Waals surface area contributed by atoms with E-state index in [1.165, 1.54) is 19.1 Å². The predicted molar refractivity (Wildman–Crippen MR) is 75.9 cm³/mol. The molecular formula is C8H14N2O6S4. The zero-order valence-corrected chi connectivity index (χ0v) is 13.9. The Labute approximate surface area is 122 Å². The Morgan fingerprint density at radius 1 is 1.20 bits per heavy atom. The van der Waals surface area contributed by atoms with Crippen LogP contribution in [0.3, 0.4) is 0 Å². The monoisotopic (exact) mass is 362 g/mol. The van der Waals surface area contributed by atoms with Gasteiger partial charge < -0.3 is 0 Å². The number of rotatable bonds is 6. The Bertz CT molecular complexity index is 790. The summed E-state index contributed by atoms with van der Waals surface area (Å²) in [6.45, 7) is 1.47. The number of nitrogens with two attached hydrogens (primary N) is 1. The summed E-state index contributed by atoms with van der Waals surface area (Å²) in [7, 11) is -11.6. The van der Waals surface area contributed by atoms with Crippen LogP contribution >= 0.6 is 11.3 Å². The Kier molecular flexibility index (Phi) is 4.99. The summed E-state index contributed by atoms with van der Waals surface area (Å²) in [4.78, 5) is 0.408. The van der Waals surface area contributed by atoms with Gasteiger partial charge in [0.2, 0.25) is 20.0 Å². The van der Waals surface area contributed by atoms with Crippen LogP contribution in [0.25, 0.3) is 0 Å². The first-order valence-electron chi connectivity index (χ1n) is 5.10. The van der Waals surface area contributed by atoms with E-state index in [0.717, 1.165) is 17.6 Å². The topological polar surface area (TPSA) is 140 Å². The van der Waals surface area contributed by atoms with Crippen molar-refractivity contribution in [3.8, 4) is 0 Å². The van der Waals surface area contributed by atoms with Gasteiger partial charge in [0, 0.05) is 11.1 Å². The Balaban J connectivity index is 2.92. The maximum Gasteiger partial charge on any atom is 0.247 e. The molecule has 20 heavy (non-hydrogen) atoms. The van der Waals surface area contributed by atoms with Crippen LogP contribution in [0.2, 0.25) is 0 Å². The summed E-state index contributed by atoms with van der Waals surface area (Å²) in [5, 5.41) is 3.92. The third kappa shape index (κ3) is 5.46. The molecule has 0 radical (unpaired) electrons. The Morgan fingerprint density at radius 2 is 1.75 bits per heavy atom. The second kappa shape index (κ2) is 5.69. The fraction of sp³-hybridized carbons (Fsp3) is 0.500. The number of sulfonamides is 2. The van der Waals surface area contributed by atoms with Crippen LogP contribution in [-0.2, 0) is 29.9 Å². The predicted octanol–water partition coefficient (Wildman–Crippen LogP) is -0.622. The summed E-state index contributed by atoms with van der Waals surface area (Å²) in [6.07, 6.45) is 0.807. The minimum atomic E-state index is -4.02. The van der Waals surface area contributed by atoms with E-state index in [1.54, 1.807) is 0 Å². The number of hydrogen-bond acceptors (Lipinski definition) is 7. The number of primary sulfonamides is 1. The van der Waals surface area contributed by atoms with Crippen LogP contribution in [-0.4, -0.2) is 36.6 Å². The normalized spacial score (nSPS) is 15.2. The lowest BCUT2D eigenvalue weighted by Gasteiger charge is -2.11. The van der Waals surface area contributed by atoms with E-state index in [9.17, 15) is 25.3 Å². The minimum absolute atomic E-state index is 0.0957. The van der Waals surface area contributed by atoms with E-state index in [0.29, 0.717) is 4.88 Å². The molecule has 1 rings (SSSR count). The third-order valence-electron chi connectivity index (χ3n) is 2.03. The summed E-state index contributed by atoms with van der Waals surface area (Å²) < 4.78 is 69.5. The molecule has 0 bridgehead atoms. The molecule has 1 aromatic heterocycles. The Morgan fingerprint density at radius 3 is 2.15 bits per heavy atom. The number of hydrogen-bond donors (Lipinski definition) is 2. The lowest BCUT2D eigenvalue weighted by Crippen LogP contribution is -2.31. The molecule has 0 aliphatic carbocycles. The van der Waals surface area contributed by atoms with Gasteiger partial charge in [0.25, 0.3) is 0 Å². The first-order chi connectivity index (χ1) is 8.80. The average molecular weight is 362 g/mol. The van der Waals surface area contributed by atoms with Crippen LogP contribution < -0.4 is 9.86 Å². The highest BCUT2D eigenvalue weighted by Crippen LogP contribution is 2.26. The van der Waals surface area contributed by atoms with Crippen LogP contribution in [0.5, 0.6) is 0 Å². The fourth-order valence-corrected chi connectivity index (χ4v) is 6.38. The number of thiophene rings is 1. The highest BCUT2D eigenvalue weighted by molar-refractivity contribution is 8.06. The van der Waals surface area contributed by atoms with Crippen LogP contribution in [0.15, 0.2) is 16.3 Å². The van der Waals surface area contributed by atoms with Crippen LogP contribution in [0.4, 0.5) is 0 Å². The van der Waals surface area contributed by atoms with Crippen molar-refractivity contribution in [1.82, 2.24) is 4.72 Å². The van der Waals surface area contributed by atoms with Crippen molar-refractivity contribution in [2.45, 2.75) is 17.2 Å². The van der Waals surface area contributed by atoms with Crippen molar-refractivity contribution in [2.75, 3.05) is 11.3 Å². The molecule has 116 valence electrons. The molecule has 1 atom stereocenters. The first kappa shape index (κ1) is 17.5. The molecule has 0 fully saturated rings. The number of sulfone groups is 1.